The van der Waals surface area contributed by atoms with E-state index in [0.29, 0.717) is 11.3 Å². The van der Waals surface area contributed by atoms with Crippen LogP contribution in [0.25, 0.3) is 11.3 Å². The first-order valence-electron chi connectivity index (χ1n) is 7.65. The van der Waals surface area contributed by atoms with Crippen LogP contribution in [0.1, 0.15) is 16.1 Å². The largest absolute Gasteiger partial charge is 0.360 e. The Morgan fingerprint density at radius 3 is 2.33 bits per heavy atom. The first-order valence-corrected chi connectivity index (χ1v) is 8.41. The number of anilines is 1. The van der Waals surface area contributed by atoms with Gasteiger partial charge in [-0.15, -0.1) is 0 Å². The lowest BCUT2D eigenvalue weighted by atomic mass is 10.1. The average Bonchev–Trinajstić information content (AvgIpc) is 2.98. The Balaban J connectivity index is 1.84. The molecule has 9 heteroatoms. The number of carbonyl (C=O) groups is 2. The van der Waals surface area contributed by atoms with Crippen LogP contribution >= 0.6 is 23.2 Å². The van der Waals surface area contributed by atoms with Crippen LogP contribution in [0.3, 0.4) is 0 Å². The van der Waals surface area contributed by atoms with Crippen molar-refractivity contribution >= 4 is 40.8 Å². The second-order valence-electron chi connectivity index (χ2n) is 5.47. The van der Waals surface area contributed by atoms with E-state index >= 15 is 0 Å². The van der Waals surface area contributed by atoms with Crippen molar-refractivity contribution in [2.45, 2.75) is 6.92 Å². The van der Waals surface area contributed by atoms with Gasteiger partial charge in [0.15, 0.2) is 0 Å². The van der Waals surface area contributed by atoms with Crippen molar-refractivity contribution in [3.8, 4) is 11.3 Å². The maximum absolute atomic E-state index is 12.9. The van der Waals surface area contributed by atoms with Crippen molar-refractivity contribution < 1.29 is 18.5 Å². The number of aryl methyl sites for hydroxylation is 1. The summed E-state index contributed by atoms with van der Waals surface area (Å²) in [4.78, 5) is 24.6. The van der Waals surface area contributed by atoms with Crippen LogP contribution in [0, 0.1) is 12.7 Å². The highest BCUT2D eigenvalue weighted by molar-refractivity contribution is 6.39. The van der Waals surface area contributed by atoms with Gasteiger partial charge in [-0.25, -0.2) is 9.18 Å². The van der Waals surface area contributed by atoms with Crippen molar-refractivity contribution in [1.82, 2.24) is 10.5 Å². The van der Waals surface area contributed by atoms with Crippen molar-refractivity contribution in [2.24, 2.45) is 0 Å². The van der Waals surface area contributed by atoms with Gasteiger partial charge in [0, 0.05) is 11.3 Å². The Kier molecular flexibility index (Phi) is 5.43. The summed E-state index contributed by atoms with van der Waals surface area (Å²) in [5.74, 6) is -1.01. The van der Waals surface area contributed by atoms with Crippen molar-refractivity contribution in [2.75, 3.05) is 5.32 Å². The van der Waals surface area contributed by atoms with Crippen LogP contribution in [0.15, 0.2) is 47.0 Å². The zero-order valence-electron chi connectivity index (χ0n) is 13.8. The fraction of sp³-hybridized carbons (Fsp3) is 0.0556. The Morgan fingerprint density at radius 2 is 1.70 bits per heavy atom. The van der Waals surface area contributed by atoms with E-state index < -0.39 is 17.8 Å². The molecular weight excluding hydrogens is 396 g/mol. The number of urea groups is 1. The number of amides is 3. The standard InChI is InChI=1S/C18H12Cl2FN3O3/c1-9-14(16(24-27-9)15-12(19)3-2-4-13(15)20)17(25)23-18(26)22-11-7-5-10(21)6-8-11/h2-8H,1H3,(H2,22,23,25,26). The van der Waals surface area contributed by atoms with Crippen molar-refractivity contribution in [3.05, 3.63) is 69.7 Å². The number of nitrogens with one attached hydrogen (secondary N) is 2. The smallest absolute Gasteiger partial charge is 0.326 e. The molecule has 27 heavy (non-hydrogen) atoms. The van der Waals surface area contributed by atoms with E-state index in [0.717, 1.165) is 0 Å². The average molecular weight is 408 g/mol. The topological polar surface area (TPSA) is 84.2 Å². The summed E-state index contributed by atoms with van der Waals surface area (Å²) in [6, 6.07) is 9.11. The SMILES string of the molecule is Cc1onc(-c2c(Cl)cccc2Cl)c1C(=O)NC(=O)Nc1ccc(F)cc1. The van der Waals surface area contributed by atoms with E-state index in [9.17, 15) is 14.0 Å². The van der Waals surface area contributed by atoms with Gasteiger partial charge in [0.2, 0.25) is 0 Å². The summed E-state index contributed by atoms with van der Waals surface area (Å²) in [6.45, 7) is 1.52. The second kappa shape index (κ2) is 7.77. The molecule has 138 valence electrons. The minimum atomic E-state index is -0.802. The number of benzene rings is 2. The number of imide groups is 1. The van der Waals surface area contributed by atoms with Gasteiger partial charge in [0.1, 0.15) is 22.8 Å². The molecule has 0 aliphatic carbocycles. The van der Waals surface area contributed by atoms with E-state index in [1.54, 1.807) is 18.2 Å². The van der Waals surface area contributed by atoms with Crippen molar-refractivity contribution in [3.63, 3.8) is 0 Å². The lowest BCUT2D eigenvalue weighted by Crippen LogP contribution is -2.34. The van der Waals surface area contributed by atoms with Gasteiger partial charge in [-0.3, -0.25) is 10.1 Å². The summed E-state index contributed by atoms with van der Waals surface area (Å²) in [5, 5.41) is 9.00. The predicted molar refractivity (Wildman–Crippen MR) is 99.6 cm³/mol. The molecule has 1 aromatic heterocycles. The van der Waals surface area contributed by atoms with E-state index in [1.165, 1.54) is 31.2 Å². The number of hydrogen-bond acceptors (Lipinski definition) is 4. The summed E-state index contributed by atoms with van der Waals surface area (Å²) in [5.41, 5.74) is 0.786. The van der Waals surface area contributed by atoms with Crippen LogP contribution < -0.4 is 10.6 Å². The van der Waals surface area contributed by atoms with Crippen LogP contribution in [-0.2, 0) is 0 Å². The number of rotatable bonds is 3. The molecule has 0 spiro atoms. The zero-order valence-corrected chi connectivity index (χ0v) is 15.4. The van der Waals surface area contributed by atoms with Crippen LogP contribution in [-0.4, -0.2) is 17.1 Å². The fourth-order valence-electron chi connectivity index (χ4n) is 2.40. The Labute approximate surface area is 163 Å². The molecule has 0 aliphatic heterocycles. The third-order valence-corrected chi connectivity index (χ3v) is 4.25. The molecule has 0 saturated carbocycles. The van der Waals surface area contributed by atoms with Crippen LogP contribution in [0.2, 0.25) is 10.0 Å². The summed E-state index contributed by atoms with van der Waals surface area (Å²) in [6.07, 6.45) is 0. The molecule has 0 fully saturated rings. The lowest BCUT2D eigenvalue weighted by Gasteiger charge is -2.08. The minimum absolute atomic E-state index is 0.0271. The number of aromatic nitrogens is 1. The number of hydrogen-bond donors (Lipinski definition) is 2. The molecule has 0 saturated heterocycles. The number of nitrogens with zero attached hydrogens (tertiary/aromatic N) is 1. The Hall–Kier alpha value is -2.90. The molecule has 3 amide bonds. The van der Waals surface area contributed by atoms with E-state index in [1.807, 2.05) is 0 Å². The summed E-state index contributed by atoms with van der Waals surface area (Å²) < 4.78 is 18.0. The highest BCUT2D eigenvalue weighted by Gasteiger charge is 2.26. The molecule has 0 radical (unpaired) electrons. The third-order valence-electron chi connectivity index (χ3n) is 3.62. The van der Waals surface area contributed by atoms with E-state index in [2.05, 4.69) is 15.8 Å². The Morgan fingerprint density at radius 1 is 1.07 bits per heavy atom. The second-order valence-corrected chi connectivity index (χ2v) is 6.29. The first kappa shape index (κ1) is 18.9. The molecular formula is C18H12Cl2FN3O3. The van der Waals surface area contributed by atoms with Gasteiger partial charge >= 0.3 is 6.03 Å². The molecule has 0 atom stereocenters. The molecule has 2 aromatic carbocycles. The fourth-order valence-corrected chi connectivity index (χ4v) is 2.97. The molecule has 0 unspecified atom stereocenters. The maximum Gasteiger partial charge on any atom is 0.326 e. The van der Waals surface area contributed by atoms with Gasteiger partial charge in [0.05, 0.1) is 10.0 Å². The van der Waals surface area contributed by atoms with E-state index in [-0.39, 0.29) is 27.1 Å². The molecule has 2 N–H and O–H groups in total. The van der Waals surface area contributed by atoms with Gasteiger partial charge < -0.3 is 9.84 Å². The molecule has 6 nitrogen and oxygen atoms in total. The summed E-state index contributed by atoms with van der Waals surface area (Å²) in [7, 11) is 0. The molecule has 3 rings (SSSR count). The third kappa shape index (κ3) is 4.10. The van der Waals surface area contributed by atoms with Crippen LogP contribution in [0.5, 0.6) is 0 Å². The van der Waals surface area contributed by atoms with E-state index in [4.69, 9.17) is 27.7 Å². The first-order chi connectivity index (χ1) is 12.9. The molecule has 3 aromatic rings. The number of carbonyl (C=O) groups excluding carboxylic acids is 2. The molecule has 1 heterocycles. The quantitative estimate of drug-likeness (QED) is 0.635. The Bertz CT molecular complexity index is 999. The maximum atomic E-state index is 12.9. The van der Waals surface area contributed by atoms with Gasteiger partial charge in [-0.2, -0.15) is 0 Å². The lowest BCUT2D eigenvalue weighted by molar-refractivity contribution is 0.0966. The zero-order chi connectivity index (χ0) is 19.6. The highest BCUT2D eigenvalue weighted by Crippen LogP contribution is 2.36. The van der Waals surface area contributed by atoms with Crippen LogP contribution in [0.4, 0.5) is 14.9 Å². The van der Waals surface area contributed by atoms with Crippen molar-refractivity contribution in [1.29, 1.82) is 0 Å². The normalized spacial score (nSPS) is 10.5. The van der Waals surface area contributed by atoms with Gasteiger partial charge in [0.25, 0.3) is 5.91 Å². The number of halogens is 3. The summed E-state index contributed by atoms with van der Waals surface area (Å²) >= 11 is 12.3. The van der Waals surface area contributed by atoms with Gasteiger partial charge in [-0.1, -0.05) is 34.4 Å². The monoisotopic (exact) mass is 407 g/mol. The molecule has 0 aliphatic rings. The minimum Gasteiger partial charge on any atom is -0.360 e. The highest BCUT2D eigenvalue weighted by atomic mass is 35.5. The predicted octanol–water partition coefficient (Wildman–Crippen LogP) is 5.06. The van der Waals surface area contributed by atoms with Gasteiger partial charge in [-0.05, 0) is 43.3 Å². The molecule has 0 bridgehead atoms.